The number of para-hydroxylation sites is 1. The lowest BCUT2D eigenvalue weighted by atomic mass is 10.1. The van der Waals surface area contributed by atoms with Crippen molar-refractivity contribution >= 4 is 12.0 Å². The van der Waals surface area contributed by atoms with E-state index in [1.807, 2.05) is 11.0 Å². The zero-order chi connectivity index (χ0) is 13.9. The van der Waals surface area contributed by atoms with Crippen LogP contribution in [0.5, 0.6) is 0 Å². The van der Waals surface area contributed by atoms with Crippen LogP contribution in [-0.2, 0) is 4.79 Å². The molecule has 2 heterocycles. The summed E-state index contributed by atoms with van der Waals surface area (Å²) in [6.07, 6.45) is 2.82. The van der Waals surface area contributed by atoms with Gasteiger partial charge in [0.25, 0.3) is 0 Å². The van der Waals surface area contributed by atoms with Crippen LogP contribution in [0.25, 0.3) is 0 Å². The van der Waals surface area contributed by atoms with Crippen LogP contribution in [0.4, 0.5) is 10.1 Å². The highest BCUT2D eigenvalue weighted by atomic mass is 19.1. The molecule has 0 bridgehead atoms. The van der Waals surface area contributed by atoms with Crippen molar-refractivity contribution in [3.63, 3.8) is 0 Å². The van der Waals surface area contributed by atoms with E-state index in [2.05, 4.69) is 10.2 Å². The summed E-state index contributed by atoms with van der Waals surface area (Å²) < 4.78 is 13.9. The van der Waals surface area contributed by atoms with Crippen LogP contribution in [0.15, 0.2) is 24.3 Å². The van der Waals surface area contributed by atoms with Crippen LogP contribution in [0.1, 0.15) is 12.8 Å². The molecule has 2 saturated heterocycles. The van der Waals surface area contributed by atoms with Crippen molar-refractivity contribution in [1.29, 1.82) is 0 Å². The Labute approximate surface area is 118 Å². The largest absolute Gasteiger partial charge is 0.346 e. The van der Waals surface area contributed by atoms with Crippen molar-refractivity contribution in [2.45, 2.75) is 25.0 Å². The molecule has 108 valence electrons. The predicted octanol–water partition coefficient (Wildman–Crippen LogP) is 1.22. The molecule has 3 rings (SSSR count). The van der Waals surface area contributed by atoms with Gasteiger partial charge in [0, 0.05) is 25.7 Å². The van der Waals surface area contributed by atoms with E-state index >= 15 is 0 Å². The highest BCUT2D eigenvalue weighted by molar-refractivity contribution is 5.67. The number of carbonyl (C=O) groups excluding carboxylic acids is 1. The number of anilines is 1. The Kier molecular flexibility index (Phi) is 3.98. The minimum atomic E-state index is -0.350. The van der Waals surface area contributed by atoms with Crippen molar-refractivity contribution < 1.29 is 9.18 Å². The topological polar surface area (TPSA) is 35.6 Å². The zero-order valence-electron chi connectivity index (χ0n) is 11.5. The van der Waals surface area contributed by atoms with E-state index in [9.17, 15) is 9.18 Å². The van der Waals surface area contributed by atoms with Crippen molar-refractivity contribution in [2.75, 3.05) is 31.1 Å². The van der Waals surface area contributed by atoms with Gasteiger partial charge in [0.2, 0.25) is 0 Å². The third-order valence-electron chi connectivity index (χ3n) is 4.28. The van der Waals surface area contributed by atoms with Crippen LogP contribution in [-0.4, -0.2) is 49.6 Å². The molecule has 20 heavy (non-hydrogen) atoms. The molecule has 2 aliphatic heterocycles. The molecule has 2 atom stereocenters. The molecule has 4 nitrogen and oxygen atoms in total. The first-order chi connectivity index (χ1) is 9.81. The number of nitrogens with one attached hydrogen (secondary N) is 1. The molecule has 5 heteroatoms. The molecule has 0 aromatic heterocycles. The van der Waals surface area contributed by atoms with Gasteiger partial charge in [0.1, 0.15) is 12.0 Å². The Balaban J connectivity index is 1.80. The van der Waals surface area contributed by atoms with E-state index in [0.29, 0.717) is 18.3 Å². The van der Waals surface area contributed by atoms with Crippen LogP contribution in [0, 0.1) is 5.82 Å². The molecule has 2 unspecified atom stereocenters. The standard InChI is InChI=1S/C15H20FN3O/c16-13-5-1-2-6-14(13)19-9-8-18(15(19)11-20)12-4-3-7-17-10-12/h1-2,5-6,11-12,15,17H,3-4,7-10H2. The highest BCUT2D eigenvalue weighted by Gasteiger charge is 2.37. The first-order valence-electron chi connectivity index (χ1n) is 7.24. The maximum Gasteiger partial charge on any atom is 0.157 e. The average Bonchev–Trinajstić information content (AvgIpc) is 2.92. The summed E-state index contributed by atoms with van der Waals surface area (Å²) in [6, 6.07) is 7.05. The number of hydrogen-bond acceptors (Lipinski definition) is 4. The van der Waals surface area contributed by atoms with Gasteiger partial charge in [-0.3, -0.25) is 9.69 Å². The molecule has 2 aliphatic rings. The number of carbonyl (C=O) groups is 1. The van der Waals surface area contributed by atoms with E-state index in [4.69, 9.17) is 0 Å². The average molecular weight is 277 g/mol. The van der Waals surface area contributed by atoms with E-state index in [-0.39, 0.29) is 12.0 Å². The highest BCUT2D eigenvalue weighted by Crippen LogP contribution is 2.27. The fourth-order valence-corrected chi connectivity index (χ4v) is 3.28. The summed E-state index contributed by atoms with van der Waals surface area (Å²) in [6.45, 7) is 3.47. The SMILES string of the molecule is O=CC1N(c2ccccc2F)CCN1C1CCCNC1. The van der Waals surface area contributed by atoms with E-state index < -0.39 is 0 Å². The molecule has 0 spiro atoms. The molecule has 1 aromatic rings. The van der Waals surface area contributed by atoms with Gasteiger partial charge < -0.3 is 10.2 Å². The van der Waals surface area contributed by atoms with Gasteiger partial charge in [-0.15, -0.1) is 0 Å². The van der Waals surface area contributed by atoms with Gasteiger partial charge in [-0.05, 0) is 31.5 Å². The predicted molar refractivity (Wildman–Crippen MR) is 76.2 cm³/mol. The zero-order valence-corrected chi connectivity index (χ0v) is 11.5. The fraction of sp³-hybridized carbons (Fsp3) is 0.533. The number of hydrogen-bond donors (Lipinski definition) is 1. The fourth-order valence-electron chi connectivity index (χ4n) is 3.28. The normalized spacial score (nSPS) is 27.8. The second-order valence-electron chi connectivity index (χ2n) is 5.43. The minimum Gasteiger partial charge on any atom is -0.346 e. The molecule has 1 aromatic carbocycles. The van der Waals surface area contributed by atoms with Gasteiger partial charge in [-0.25, -0.2) is 4.39 Å². The molecule has 0 saturated carbocycles. The third-order valence-corrected chi connectivity index (χ3v) is 4.28. The van der Waals surface area contributed by atoms with E-state index in [1.54, 1.807) is 12.1 Å². The van der Waals surface area contributed by atoms with Crippen molar-refractivity contribution in [3.05, 3.63) is 30.1 Å². The molecule has 0 aliphatic carbocycles. The minimum absolute atomic E-state index is 0.261. The number of halogens is 1. The van der Waals surface area contributed by atoms with E-state index in [1.165, 1.54) is 6.07 Å². The summed E-state index contributed by atoms with van der Waals surface area (Å²) in [5, 5.41) is 3.37. The van der Waals surface area contributed by atoms with Crippen LogP contribution in [0.2, 0.25) is 0 Å². The molecular weight excluding hydrogens is 257 g/mol. The van der Waals surface area contributed by atoms with Gasteiger partial charge in [-0.2, -0.15) is 0 Å². The van der Waals surface area contributed by atoms with Gasteiger partial charge in [0.05, 0.1) is 5.69 Å². The second kappa shape index (κ2) is 5.89. The Morgan fingerprint density at radius 3 is 2.85 bits per heavy atom. The van der Waals surface area contributed by atoms with Gasteiger partial charge in [-0.1, -0.05) is 12.1 Å². The molecule has 2 fully saturated rings. The first-order valence-corrected chi connectivity index (χ1v) is 7.24. The summed E-state index contributed by atoms with van der Waals surface area (Å²) in [4.78, 5) is 15.6. The molecule has 0 amide bonds. The molecule has 0 radical (unpaired) electrons. The van der Waals surface area contributed by atoms with Crippen molar-refractivity contribution in [3.8, 4) is 0 Å². The lowest BCUT2D eigenvalue weighted by molar-refractivity contribution is -0.112. The van der Waals surface area contributed by atoms with Crippen molar-refractivity contribution in [2.24, 2.45) is 0 Å². The monoisotopic (exact) mass is 277 g/mol. The van der Waals surface area contributed by atoms with Crippen LogP contribution >= 0.6 is 0 Å². The molecule has 1 N–H and O–H groups in total. The number of nitrogens with zero attached hydrogens (tertiary/aromatic N) is 2. The maximum atomic E-state index is 13.9. The lowest BCUT2D eigenvalue weighted by Crippen LogP contribution is -2.51. The van der Waals surface area contributed by atoms with Crippen molar-refractivity contribution in [1.82, 2.24) is 10.2 Å². The summed E-state index contributed by atoms with van der Waals surface area (Å²) in [5.74, 6) is -0.261. The summed E-state index contributed by atoms with van der Waals surface area (Å²) in [7, 11) is 0. The van der Waals surface area contributed by atoms with E-state index in [0.717, 1.165) is 38.8 Å². The van der Waals surface area contributed by atoms with Crippen LogP contribution < -0.4 is 10.2 Å². The Morgan fingerprint density at radius 2 is 2.15 bits per heavy atom. The quantitative estimate of drug-likeness (QED) is 0.843. The number of aldehydes is 1. The number of piperidine rings is 1. The lowest BCUT2D eigenvalue weighted by Gasteiger charge is -2.35. The van der Waals surface area contributed by atoms with Gasteiger partial charge in [0.15, 0.2) is 6.29 Å². The molecular formula is C15H20FN3O. The first kappa shape index (κ1) is 13.5. The number of rotatable bonds is 3. The third kappa shape index (κ3) is 2.43. The Bertz CT molecular complexity index is 476. The Morgan fingerprint density at radius 1 is 1.30 bits per heavy atom. The summed E-state index contributed by atoms with van der Waals surface area (Å²) in [5.41, 5.74) is 0.524. The second-order valence-corrected chi connectivity index (χ2v) is 5.43. The summed E-state index contributed by atoms with van der Waals surface area (Å²) >= 11 is 0. The Hall–Kier alpha value is -1.46. The van der Waals surface area contributed by atoms with Gasteiger partial charge >= 0.3 is 0 Å². The number of benzene rings is 1. The van der Waals surface area contributed by atoms with Crippen LogP contribution in [0.3, 0.4) is 0 Å². The maximum absolute atomic E-state index is 13.9. The smallest absolute Gasteiger partial charge is 0.157 e.